The average molecular weight is 393 g/mol. The monoisotopic (exact) mass is 393 g/mol. The second kappa shape index (κ2) is 9.87. The number of carbonyl (C=O) groups is 2. The number of anilines is 1. The van der Waals surface area contributed by atoms with Crippen molar-refractivity contribution in [1.29, 1.82) is 0 Å². The molecule has 0 aliphatic carbocycles. The zero-order chi connectivity index (χ0) is 20.6. The number of rotatable bonds is 6. The van der Waals surface area contributed by atoms with E-state index in [1.165, 1.54) is 6.08 Å². The van der Waals surface area contributed by atoms with Crippen LogP contribution >= 0.6 is 0 Å². The van der Waals surface area contributed by atoms with Crippen LogP contribution in [0.2, 0.25) is 0 Å². The minimum absolute atomic E-state index is 0.0966. The summed E-state index contributed by atoms with van der Waals surface area (Å²) in [5.74, 6) is 0.530. The van der Waals surface area contributed by atoms with Crippen molar-refractivity contribution < 1.29 is 14.3 Å². The topological polar surface area (TPSA) is 71.5 Å². The summed E-state index contributed by atoms with van der Waals surface area (Å²) in [4.78, 5) is 30.3. The van der Waals surface area contributed by atoms with Crippen molar-refractivity contribution >= 4 is 23.8 Å². The molecule has 2 heterocycles. The predicted octanol–water partition coefficient (Wildman–Crippen LogP) is 3.68. The van der Waals surface area contributed by atoms with Crippen LogP contribution in [0, 0.1) is 6.92 Å². The molecule has 1 fully saturated rings. The van der Waals surface area contributed by atoms with E-state index in [-0.39, 0.29) is 17.9 Å². The molecule has 1 N–H and O–H groups in total. The predicted molar refractivity (Wildman–Crippen MR) is 114 cm³/mol. The molecule has 1 amide bonds. The Morgan fingerprint density at radius 2 is 1.90 bits per heavy atom. The van der Waals surface area contributed by atoms with Crippen LogP contribution in [0.5, 0.6) is 0 Å². The molecule has 152 valence electrons. The van der Waals surface area contributed by atoms with Crippen LogP contribution < -0.4 is 5.32 Å². The molecule has 3 rings (SSSR count). The molecule has 1 aliphatic rings. The lowest BCUT2D eigenvalue weighted by atomic mass is 10.0. The number of piperidine rings is 1. The van der Waals surface area contributed by atoms with Gasteiger partial charge in [0.05, 0.1) is 6.61 Å². The van der Waals surface area contributed by atoms with Gasteiger partial charge in [0.15, 0.2) is 0 Å². The fourth-order valence-electron chi connectivity index (χ4n) is 3.26. The van der Waals surface area contributed by atoms with E-state index < -0.39 is 0 Å². The first-order chi connectivity index (χ1) is 14.0. The number of esters is 1. The normalized spacial score (nSPS) is 14.8. The van der Waals surface area contributed by atoms with Gasteiger partial charge in [0.2, 0.25) is 0 Å². The van der Waals surface area contributed by atoms with Gasteiger partial charge in [0, 0.05) is 37.0 Å². The SMILES string of the molecule is CCOC(=O)/C=C/c1ccc(NC2CCN(C(=O)c3ccc(C)cc3)CC2)nc1. The van der Waals surface area contributed by atoms with Gasteiger partial charge in [-0.25, -0.2) is 9.78 Å². The van der Waals surface area contributed by atoms with Gasteiger partial charge in [-0.1, -0.05) is 17.7 Å². The Balaban J connectivity index is 1.48. The minimum Gasteiger partial charge on any atom is -0.463 e. The molecular formula is C23H27N3O3. The van der Waals surface area contributed by atoms with Crippen LogP contribution in [-0.2, 0) is 9.53 Å². The third kappa shape index (κ3) is 5.91. The summed E-state index contributed by atoms with van der Waals surface area (Å²) >= 11 is 0. The molecule has 1 aromatic heterocycles. The van der Waals surface area contributed by atoms with Gasteiger partial charge in [-0.2, -0.15) is 0 Å². The van der Waals surface area contributed by atoms with Crippen LogP contribution in [0.25, 0.3) is 6.08 Å². The number of ether oxygens (including phenoxy) is 1. The lowest BCUT2D eigenvalue weighted by Crippen LogP contribution is -2.42. The molecule has 0 unspecified atom stereocenters. The fraction of sp³-hybridized carbons (Fsp3) is 0.348. The highest BCUT2D eigenvalue weighted by atomic mass is 16.5. The van der Waals surface area contributed by atoms with Crippen molar-refractivity contribution in [3.8, 4) is 0 Å². The maximum absolute atomic E-state index is 12.6. The number of nitrogens with one attached hydrogen (secondary N) is 1. The standard InChI is InChI=1S/C23H27N3O3/c1-3-29-22(27)11-7-18-6-10-21(24-16-18)25-20-12-14-26(15-13-20)23(28)19-8-4-17(2)5-9-19/h4-11,16,20H,3,12-15H2,1-2H3,(H,24,25)/b11-7+. The van der Waals surface area contributed by atoms with E-state index in [0.717, 1.165) is 48.4 Å². The van der Waals surface area contributed by atoms with Crippen molar-refractivity contribution in [2.45, 2.75) is 32.7 Å². The number of aromatic nitrogens is 1. The zero-order valence-electron chi connectivity index (χ0n) is 16.9. The number of nitrogens with zero attached hydrogens (tertiary/aromatic N) is 2. The van der Waals surface area contributed by atoms with E-state index in [1.807, 2.05) is 48.2 Å². The summed E-state index contributed by atoms with van der Waals surface area (Å²) < 4.78 is 4.86. The molecule has 1 aliphatic heterocycles. The van der Waals surface area contributed by atoms with Gasteiger partial charge < -0.3 is 15.0 Å². The molecule has 0 radical (unpaired) electrons. The van der Waals surface area contributed by atoms with Gasteiger partial charge in [-0.05, 0) is 62.6 Å². The van der Waals surface area contributed by atoms with Crippen LogP contribution in [-0.4, -0.2) is 47.5 Å². The van der Waals surface area contributed by atoms with Crippen molar-refractivity contribution in [2.24, 2.45) is 0 Å². The molecule has 6 nitrogen and oxygen atoms in total. The van der Waals surface area contributed by atoms with Crippen molar-refractivity contribution in [1.82, 2.24) is 9.88 Å². The number of carbonyl (C=O) groups excluding carboxylic acids is 2. The van der Waals surface area contributed by atoms with E-state index in [9.17, 15) is 9.59 Å². The number of hydrogen-bond donors (Lipinski definition) is 1. The molecule has 0 atom stereocenters. The first-order valence-electron chi connectivity index (χ1n) is 9.98. The number of amides is 1. The summed E-state index contributed by atoms with van der Waals surface area (Å²) in [6.45, 7) is 5.61. The summed E-state index contributed by atoms with van der Waals surface area (Å²) in [5, 5.41) is 3.44. The third-order valence-corrected chi connectivity index (χ3v) is 4.92. The second-order valence-corrected chi connectivity index (χ2v) is 7.14. The van der Waals surface area contributed by atoms with Crippen LogP contribution in [0.1, 0.15) is 41.3 Å². The van der Waals surface area contributed by atoms with Crippen molar-refractivity contribution in [3.05, 3.63) is 65.4 Å². The fourth-order valence-corrected chi connectivity index (χ4v) is 3.26. The Hall–Kier alpha value is -3.15. The van der Waals surface area contributed by atoms with Crippen LogP contribution in [0.3, 0.4) is 0 Å². The number of benzene rings is 1. The highest BCUT2D eigenvalue weighted by Gasteiger charge is 2.23. The van der Waals surface area contributed by atoms with Crippen LogP contribution in [0.15, 0.2) is 48.7 Å². The summed E-state index contributed by atoms with van der Waals surface area (Å²) in [7, 11) is 0. The Kier molecular flexibility index (Phi) is 7.00. The van der Waals surface area contributed by atoms with Gasteiger partial charge >= 0.3 is 5.97 Å². The summed E-state index contributed by atoms with van der Waals surface area (Å²) in [6.07, 6.45) is 6.56. The summed E-state index contributed by atoms with van der Waals surface area (Å²) in [5.41, 5.74) is 2.73. The number of likely N-dealkylation sites (tertiary alicyclic amines) is 1. The number of aryl methyl sites for hydroxylation is 1. The molecule has 0 saturated carbocycles. The first kappa shape index (κ1) is 20.6. The molecule has 29 heavy (non-hydrogen) atoms. The Morgan fingerprint density at radius 1 is 1.17 bits per heavy atom. The number of hydrogen-bond acceptors (Lipinski definition) is 5. The van der Waals surface area contributed by atoms with Gasteiger partial charge in [0.25, 0.3) is 5.91 Å². The lowest BCUT2D eigenvalue weighted by molar-refractivity contribution is -0.137. The van der Waals surface area contributed by atoms with Crippen molar-refractivity contribution in [2.75, 3.05) is 25.0 Å². The minimum atomic E-state index is -0.360. The molecule has 1 aromatic carbocycles. The van der Waals surface area contributed by atoms with E-state index in [0.29, 0.717) is 6.61 Å². The molecule has 0 bridgehead atoms. The van der Waals surface area contributed by atoms with Gasteiger partial charge in [0.1, 0.15) is 5.82 Å². The van der Waals surface area contributed by atoms with E-state index in [1.54, 1.807) is 19.2 Å². The average Bonchev–Trinajstić information content (AvgIpc) is 2.74. The molecule has 2 aromatic rings. The maximum atomic E-state index is 12.6. The highest BCUT2D eigenvalue weighted by Crippen LogP contribution is 2.18. The molecular weight excluding hydrogens is 366 g/mol. The smallest absolute Gasteiger partial charge is 0.330 e. The Bertz CT molecular complexity index is 852. The lowest BCUT2D eigenvalue weighted by Gasteiger charge is -2.32. The van der Waals surface area contributed by atoms with E-state index >= 15 is 0 Å². The first-order valence-corrected chi connectivity index (χ1v) is 9.98. The molecule has 0 spiro atoms. The number of pyridine rings is 1. The van der Waals surface area contributed by atoms with E-state index in [2.05, 4.69) is 10.3 Å². The molecule has 1 saturated heterocycles. The zero-order valence-corrected chi connectivity index (χ0v) is 16.9. The quantitative estimate of drug-likeness (QED) is 0.599. The summed E-state index contributed by atoms with van der Waals surface area (Å²) in [6, 6.07) is 11.8. The third-order valence-electron chi connectivity index (χ3n) is 4.92. The van der Waals surface area contributed by atoms with Gasteiger partial charge in [-0.3, -0.25) is 4.79 Å². The van der Waals surface area contributed by atoms with Gasteiger partial charge in [-0.15, -0.1) is 0 Å². The maximum Gasteiger partial charge on any atom is 0.330 e. The molecule has 6 heteroatoms. The van der Waals surface area contributed by atoms with Crippen molar-refractivity contribution in [3.63, 3.8) is 0 Å². The highest BCUT2D eigenvalue weighted by molar-refractivity contribution is 5.94. The van der Waals surface area contributed by atoms with Crippen LogP contribution in [0.4, 0.5) is 5.82 Å². The largest absolute Gasteiger partial charge is 0.463 e. The Labute approximate surface area is 171 Å². The Morgan fingerprint density at radius 3 is 2.52 bits per heavy atom. The second-order valence-electron chi connectivity index (χ2n) is 7.14. The van der Waals surface area contributed by atoms with E-state index in [4.69, 9.17) is 4.74 Å².